The van der Waals surface area contributed by atoms with Crippen molar-refractivity contribution in [3.8, 4) is 0 Å². The highest BCUT2D eigenvalue weighted by Crippen LogP contribution is 2.42. The van der Waals surface area contributed by atoms with Crippen LogP contribution in [0.1, 0.15) is 55.2 Å². The number of halogens is 1. The van der Waals surface area contributed by atoms with Gasteiger partial charge >= 0.3 is 0 Å². The van der Waals surface area contributed by atoms with Crippen molar-refractivity contribution in [1.82, 2.24) is 15.1 Å². The van der Waals surface area contributed by atoms with Crippen LogP contribution < -0.4 is 5.32 Å². The smallest absolute Gasteiger partial charge is 0.187 e. The normalized spacial score (nSPS) is 21.3. The topological polar surface area (TPSA) is 46.9 Å². The maximum absolute atomic E-state index is 12.9. The highest BCUT2D eigenvalue weighted by molar-refractivity contribution is 6.01. The lowest BCUT2D eigenvalue weighted by Crippen LogP contribution is -2.45. The Kier molecular flexibility index (Phi) is 4.02. The number of nitrogens with one attached hydrogen (secondary N) is 1. The van der Waals surface area contributed by atoms with Gasteiger partial charge in [0.05, 0.1) is 6.20 Å². The second kappa shape index (κ2) is 5.25. The van der Waals surface area contributed by atoms with Crippen LogP contribution >= 0.6 is 12.4 Å². The lowest BCUT2D eigenvalue weighted by atomic mass is 9.67. The number of carbonyl (C=O) groups is 1. The van der Waals surface area contributed by atoms with Crippen molar-refractivity contribution in [3.05, 3.63) is 17.5 Å². The number of fused-ring (bicyclic) bond motifs is 1. The fraction of sp³-hybridized carbons (Fsp3) is 0.714. The van der Waals surface area contributed by atoms with Crippen molar-refractivity contribution in [3.63, 3.8) is 0 Å². The summed E-state index contributed by atoms with van der Waals surface area (Å²) >= 11 is 0. The third-order valence-electron chi connectivity index (χ3n) is 4.49. The first-order valence-corrected chi connectivity index (χ1v) is 6.96. The molecule has 3 rings (SSSR count). The van der Waals surface area contributed by atoms with Crippen molar-refractivity contribution < 1.29 is 4.79 Å². The van der Waals surface area contributed by atoms with Crippen LogP contribution in [0.4, 0.5) is 0 Å². The van der Waals surface area contributed by atoms with E-state index in [4.69, 9.17) is 0 Å². The number of aromatic nitrogens is 2. The van der Waals surface area contributed by atoms with Gasteiger partial charge in [-0.05, 0) is 52.6 Å². The summed E-state index contributed by atoms with van der Waals surface area (Å²) in [6.07, 6.45) is 5.86. The minimum atomic E-state index is -0.106. The van der Waals surface area contributed by atoms with E-state index in [2.05, 4.69) is 24.3 Å². The van der Waals surface area contributed by atoms with Crippen molar-refractivity contribution >= 4 is 18.2 Å². The predicted octanol–water partition coefficient (Wildman–Crippen LogP) is 2.38. The monoisotopic (exact) mass is 283 g/mol. The SMILES string of the molecule is CC(C)n1ncc2c1C(=O)C1(CCNCC1)CC2.Cl. The molecule has 0 amide bonds. The van der Waals surface area contributed by atoms with Crippen molar-refractivity contribution in [2.45, 2.75) is 45.6 Å². The van der Waals surface area contributed by atoms with Gasteiger partial charge in [0.15, 0.2) is 5.78 Å². The van der Waals surface area contributed by atoms with E-state index in [0.29, 0.717) is 5.78 Å². The zero-order valence-electron chi connectivity index (χ0n) is 11.6. The zero-order valence-corrected chi connectivity index (χ0v) is 12.4. The number of nitrogens with zero attached hydrogens (tertiary/aromatic N) is 2. The lowest BCUT2D eigenvalue weighted by molar-refractivity contribution is 0.0670. The van der Waals surface area contributed by atoms with Gasteiger partial charge in [-0.3, -0.25) is 9.48 Å². The molecule has 1 spiro atoms. The van der Waals surface area contributed by atoms with Crippen LogP contribution in [0.2, 0.25) is 0 Å². The van der Waals surface area contributed by atoms with Crippen LogP contribution in [0.15, 0.2) is 6.20 Å². The molecule has 0 atom stereocenters. The molecule has 2 heterocycles. The fourth-order valence-corrected chi connectivity index (χ4v) is 3.34. The van der Waals surface area contributed by atoms with Gasteiger partial charge in [0.2, 0.25) is 0 Å². The molecule has 106 valence electrons. The van der Waals surface area contributed by atoms with Crippen LogP contribution in [0.5, 0.6) is 0 Å². The average molecular weight is 284 g/mol. The number of carbonyl (C=O) groups excluding carboxylic acids is 1. The Hall–Kier alpha value is -0.870. The summed E-state index contributed by atoms with van der Waals surface area (Å²) in [5.74, 6) is 0.344. The molecule has 5 heteroatoms. The van der Waals surface area contributed by atoms with E-state index >= 15 is 0 Å². The third-order valence-corrected chi connectivity index (χ3v) is 4.49. The first-order chi connectivity index (χ1) is 8.64. The molecule has 2 aliphatic rings. The molecule has 0 radical (unpaired) electrons. The number of piperidine rings is 1. The van der Waals surface area contributed by atoms with Crippen LogP contribution in [0, 0.1) is 5.41 Å². The van der Waals surface area contributed by atoms with E-state index in [9.17, 15) is 4.79 Å². The summed E-state index contributed by atoms with van der Waals surface area (Å²) in [6, 6.07) is 0.259. The lowest BCUT2D eigenvalue weighted by Gasteiger charge is -2.39. The Balaban J connectivity index is 0.00000133. The molecule has 1 fully saturated rings. The maximum atomic E-state index is 12.9. The molecular formula is C14H22ClN3O. The van der Waals surface area contributed by atoms with Gasteiger partial charge in [-0.15, -0.1) is 12.4 Å². The Morgan fingerprint density at radius 1 is 1.32 bits per heavy atom. The molecule has 1 aromatic rings. The summed E-state index contributed by atoms with van der Waals surface area (Å²) < 4.78 is 1.92. The third kappa shape index (κ3) is 2.21. The molecular weight excluding hydrogens is 262 g/mol. The zero-order chi connectivity index (χ0) is 12.8. The molecule has 1 aromatic heterocycles. The maximum Gasteiger partial charge on any atom is 0.187 e. The summed E-state index contributed by atoms with van der Waals surface area (Å²) in [6.45, 7) is 6.11. The molecule has 0 unspecified atom stereocenters. The molecule has 0 aromatic carbocycles. The molecule has 1 aliphatic heterocycles. The number of Topliss-reactive ketones (excluding diaryl/α,β-unsaturated/α-hetero) is 1. The van der Waals surface area contributed by atoms with Gasteiger partial charge in [-0.2, -0.15) is 5.10 Å². The van der Waals surface area contributed by atoms with Gasteiger partial charge in [0.25, 0.3) is 0 Å². The van der Waals surface area contributed by atoms with Gasteiger partial charge < -0.3 is 5.32 Å². The average Bonchev–Trinajstić information content (AvgIpc) is 2.80. The summed E-state index contributed by atoms with van der Waals surface area (Å²) in [4.78, 5) is 12.9. The quantitative estimate of drug-likeness (QED) is 0.861. The molecule has 1 N–H and O–H groups in total. The van der Waals surface area contributed by atoms with Crippen molar-refractivity contribution in [2.24, 2.45) is 5.41 Å². The molecule has 1 aliphatic carbocycles. The number of hydrogen-bond acceptors (Lipinski definition) is 3. The van der Waals surface area contributed by atoms with Crippen LogP contribution in [0.25, 0.3) is 0 Å². The van der Waals surface area contributed by atoms with Crippen LogP contribution in [-0.2, 0) is 6.42 Å². The van der Waals surface area contributed by atoms with Crippen LogP contribution in [0.3, 0.4) is 0 Å². The highest BCUT2D eigenvalue weighted by Gasteiger charge is 2.45. The van der Waals surface area contributed by atoms with E-state index in [-0.39, 0.29) is 23.9 Å². The number of aryl methyl sites for hydroxylation is 1. The second-order valence-corrected chi connectivity index (χ2v) is 5.92. The predicted molar refractivity (Wildman–Crippen MR) is 77.0 cm³/mol. The van der Waals surface area contributed by atoms with E-state index in [0.717, 1.165) is 50.0 Å². The van der Waals surface area contributed by atoms with E-state index in [1.807, 2.05) is 10.9 Å². The van der Waals surface area contributed by atoms with Gasteiger partial charge in [0, 0.05) is 17.0 Å². The Morgan fingerprint density at radius 2 is 2.00 bits per heavy atom. The largest absolute Gasteiger partial charge is 0.317 e. The van der Waals surface area contributed by atoms with Crippen molar-refractivity contribution in [2.75, 3.05) is 13.1 Å². The Bertz CT molecular complexity index is 475. The number of hydrogen-bond donors (Lipinski definition) is 1. The molecule has 0 bridgehead atoms. The molecule has 4 nitrogen and oxygen atoms in total. The summed E-state index contributed by atoms with van der Waals surface area (Å²) in [5, 5.41) is 7.76. The summed E-state index contributed by atoms with van der Waals surface area (Å²) in [7, 11) is 0. The standard InChI is InChI=1S/C14H21N3O.ClH/c1-10(2)17-12-11(9-16-17)3-4-14(13(12)18)5-7-15-8-6-14;/h9-10,15H,3-8H2,1-2H3;1H. The minimum Gasteiger partial charge on any atom is -0.317 e. The summed E-state index contributed by atoms with van der Waals surface area (Å²) in [5.41, 5.74) is 1.93. The van der Waals surface area contributed by atoms with Gasteiger partial charge in [-0.1, -0.05) is 0 Å². The van der Waals surface area contributed by atoms with Gasteiger partial charge in [-0.25, -0.2) is 0 Å². The van der Waals surface area contributed by atoms with Crippen LogP contribution in [-0.4, -0.2) is 28.7 Å². The highest BCUT2D eigenvalue weighted by atomic mass is 35.5. The Morgan fingerprint density at radius 3 is 2.63 bits per heavy atom. The minimum absolute atomic E-state index is 0. The molecule has 0 saturated carbocycles. The van der Waals surface area contributed by atoms with E-state index in [1.165, 1.54) is 0 Å². The van der Waals surface area contributed by atoms with Gasteiger partial charge in [0.1, 0.15) is 5.69 Å². The molecule has 1 saturated heterocycles. The number of ketones is 1. The first kappa shape index (κ1) is 14.5. The van der Waals surface area contributed by atoms with E-state index < -0.39 is 0 Å². The fourth-order valence-electron chi connectivity index (χ4n) is 3.34. The second-order valence-electron chi connectivity index (χ2n) is 5.92. The molecule has 19 heavy (non-hydrogen) atoms. The Labute approximate surface area is 120 Å². The van der Waals surface area contributed by atoms with E-state index in [1.54, 1.807) is 0 Å². The first-order valence-electron chi connectivity index (χ1n) is 6.96. The van der Waals surface area contributed by atoms with Crippen molar-refractivity contribution in [1.29, 1.82) is 0 Å². The number of rotatable bonds is 1.